The van der Waals surface area contributed by atoms with E-state index in [1.54, 1.807) is 12.1 Å². The Morgan fingerprint density at radius 3 is 2.71 bits per heavy atom. The number of likely N-dealkylation sites (tertiary alicyclic amines) is 1. The number of likely N-dealkylation sites (N-methyl/N-ethyl adjacent to an activating group) is 1. The van der Waals surface area contributed by atoms with Crippen molar-refractivity contribution in [3.05, 3.63) is 65.2 Å². The van der Waals surface area contributed by atoms with Gasteiger partial charge in [-0.05, 0) is 50.7 Å². The van der Waals surface area contributed by atoms with E-state index in [9.17, 15) is 9.59 Å². The van der Waals surface area contributed by atoms with Crippen LogP contribution in [0, 0.1) is 6.92 Å². The molecule has 146 valence electrons. The van der Waals surface area contributed by atoms with Gasteiger partial charge in [-0.25, -0.2) is 0 Å². The number of amides is 2. The Balaban J connectivity index is 1.46. The zero-order chi connectivity index (χ0) is 19.7. The molecule has 1 N–H and O–H groups in total. The van der Waals surface area contributed by atoms with Crippen LogP contribution in [0.2, 0.25) is 0 Å². The molecule has 2 heterocycles. The van der Waals surface area contributed by atoms with Gasteiger partial charge in [0.1, 0.15) is 0 Å². The van der Waals surface area contributed by atoms with E-state index in [0.29, 0.717) is 24.4 Å². The van der Waals surface area contributed by atoms with Gasteiger partial charge >= 0.3 is 0 Å². The van der Waals surface area contributed by atoms with Crippen LogP contribution in [0.3, 0.4) is 0 Å². The van der Waals surface area contributed by atoms with E-state index in [-0.39, 0.29) is 17.9 Å². The lowest BCUT2D eigenvalue weighted by molar-refractivity contribution is -0.119. The summed E-state index contributed by atoms with van der Waals surface area (Å²) in [4.78, 5) is 29.7. The van der Waals surface area contributed by atoms with Gasteiger partial charge in [0.25, 0.3) is 5.91 Å². The summed E-state index contributed by atoms with van der Waals surface area (Å²) >= 11 is 0. The van der Waals surface area contributed by atoms with Crippen LogP contribution in [0.5, 0.6) is 0 Å². The van der Waals surface area contributed by atoms with E-state index in [2.05, 4.69) is 42.4 Å². The van der Waals surface area contributed by atoms with Crippen molar-refractivity contribution >= 4 is 17.5 Å². The number of piperidine rings is 1. The summed E-state index contributed by atoms with van der Waals surface area (Å²) in [5.41, 5.74) is 4.19. The van der Waals surface area contributed by atoms with Crippen molar-refractivity contribution in [1.82, 2.24) is 10.2 Å². The van der Waals surface area contributed by atoms with Gasteiger partial charge in [0.05, 0.1) is 0 Å². The highest BCUT2D eigenvalue weighted by molar-refractivity contribution is 5.98. The highest BCUT2D eigenvalue weighted by Crippen LogP contribution is 2.45. The molecular weight excluding hydrogens is 350 g/mol. The summed E-state index contributed by atoms with van der Waals surface area (Å²) in [5.74, 6) is 0.329. The maximum atomic E-state index is 13.1. The Kier molecular flexibility index (Phi) is 5.18. The predicted octanol–water partition coefficient (Wildman–Crippen LogP) is 2.95. The Morgan fingerprint density at radius 2 is 1.93 bits per heavy atom. The number of fused-ring (bicyclic) bond motifs is 3. The average Bonchev–Trinajstić information content (AvgIpc) is 3.01. The lowest BCUT2D eigenvalue weighted by Crippen LogP contribution is -2.47. The van der Waals surface area contributed by atoms with E-state index in [4.69, 9.17) is 0 Å². The largest absolute Gasteiger partial charge is 0.352 e. The van der Waals surface area contributed by atoms with Gasteiger partial charge in [0, 0.05) is 42.7 Å². The minimum atomic E-state index is -0.136. The zero-order valence-electron chi connectivity index (χ0n) is 16.5. The molecule has 0 spiro atoms. The maximum Gasteiger partial charge on any atom is 0.251 e. The maximum absolute atomic E-state index is 13.1. The first kappa shape index (κ1) is 18.7. The zero-order valence-corrected chi connectivity index (χ0v) is 16.5. The lowest BCUT2D eigenvalue weighted by atomic mass is 9.89. The van der Waals surface area contributed by atoms with Crippen molar-refractivity contribution in [3.8, 4) is 0 Å². The van der Waals surface area contributed by atoms with E-state index < -0.39 is 0 Å². The highest BCUT2D eigenvalue weighted by atomic mass is 16.2. The molecule has 0 aromatic heterocycles. The molecule has 1 fully saturated rings. The van der Waals surface area contributed by atoms with Crippen molar-refractivity contribution in [2.75, 3.05) is 31.6 Å². The molecule has 0 aliphatic carbocycles. The number of hydrogen-bond acceptors (Lipinski definition) is 3. The number of aryl methyl sites for hydroxylation is 1. The van der Waals surface area contributed by atoms with Gasteiger partial charge in [-0.2, -0.15) is 0 Å². The smallest absolute Gasteiger partial charge is 0.251 e. The number of nitrogens with one attached hydrogen (secondary N) is 1. The minimum Gasteiger partial charge on any atom is -0.352 e. The fourth-order valence-corrected chi connectivity index (χ4v) is 4.50. The first-order valence-electron chi connectivity index (χ1n) is 9.99. The number of anilines is 1. The summed E-state index contributed by atoms with van der Waals surface area (Å²) in [6.45, 7) is 4.44. The summed E-state index contributed by atoms with van der Waals surface area (Å²) in [7, 11) is 2.15. The van der Waals surface area contributed by atoms with Crippen molar-refractivity contribution in [2.24, 2.45) is 0 Å². The molecule has 2 aromatic rings. The van der Waals surface area contributed by atoms with Crippen molar-refractivity contribution in [3.63, 3.8) is 0 Å². The fraction of sp³-hybridized carbons (Fsp3) is 0.391. The second-order valence-corrected chi connectivity index (χ2v) is 7.92. The van der Waals surface area contributed by atoms with Gasteiger partial charge in [-0.3, -0.25) is 9.59 Å². The second-order valence-electron chi connectivity index (χ2n) is 7.92. The van der Waals surface area contributed by atoms with Crippen molar-refractivity contribution in [2.45, 2.75) is 31.7 Å². The number of benzene rings is 2. The summed E-state index contributed by atoms with van der Waals surface area (Å²) in [6, 6.07) is 15.7. The Hall–Kier alpha value is -2.66. The van der Waals surface area contributed by atoms with E-state index in [1.165, 1.54) is 11.1 Å². The Labute approximate surface area is 166 Å². The first-order valence-corrected chi connectivity index (χ1v) is 9.99. The van der Waals surface area contributed by atoms with Crippen molar-refractivity contribution in [1.29, 1.82) is 0 Å². The molecule has 0 bridgehead atoms. The summed E-state index contributed by atoms with van der Waals surface area (Å²) in [5, 5.41) is 2.87. The van der Waals surface area contributed by atoms with Crippen molar-refractivity contribution < 1.29 is 9.59 Å². The summed E-state index contributed by atoms with van der Waals surface area (Å²) < 4.78 is 0. The molecule has 5 nitrogen and oxygen atoms in total. The van der Waals surface area contributed by atoms with E-state index in [1.807, 2.05) is 23.1 Å². The molecule has 2 atom stereocenters. The quantitative estimate of drug-likeness (QED) is 0.891. The summed E-state index contributed by atoms with van der Waals surface area (Å²) in [6.07, 6.45) is 1.29. The molecule has 2 aromatic carbocycles. The van der Waals surface area contributed by atoms with Crippen LogP contribution >= 0.6 is 0 Å². The second kappa shape index (κ2) is 7.76. The molecule has 0 unspecified atom stereocenters. The van der Waals surface area contributed by atoms with Crippen LogP contribution in [0.4, 0.5) is 5.69 Å². The SMILES string of the molecule is Cc1ccc2c(c1)[C@H]1CN(C)CC[C@H]1N2C(=O)CCNC(=O)c1ccccc1. The van der Waals surface area contributed by atoms with Crippen LogP contribution in [-0.2, 0) is 4.79 Å². The van der Waals surface area contributed by atoms with Crippen LogP contribution in [0.1, 0.15) is 40.2 Å². The van der Waals surface area contributed by atoms with Gasteiger partial charge in [0.2, 0.25) is 5.91 Å². The molecule has 2 aliphatic rings. The fourth-order valence-electron chi connectivity index (χ4n) is 4.50. The van der Waals surface area contributed by atoms with Gasteiger partial charge < -0.3 is 15.1 Å². The van der Waals surface area contributed by atoms with Crippen LogP contribution in [0.25, 0.3) is 0 Å². The molecule has 2 aliphatic heterocycles. The molecule has 2 amide bonds. The third-order valence-corrected chi connectivity index (χ3v) is 5.88. The third kappa shape index (κ3) is 3.54. The number of carbonyl (C=O) groups is 2. The number of nitrogens with zero attached hydrogens (tertiary/aromatic N) is 2. The molecular formula is C23H27N3O2. The van der Waals surface area contributed by atoms with Gasteiger partial charge in [-0.15, -0.1) is 0 Å². The lowest BCUT2D eigenvalue weighted by Gasteiger charge is -2.36. The standard InChI is InChI=1S/C23H27N3O2/c1-16-8-9-20-18(14-16)19-15-25(2)13-11-21(19)26(20)22(27)10-12-24-23(28)17-6-4-3-5-7-17/h3-9,14,19,21H,10-13,15H2,1-2H3,(H,24,28)/t19-,21-/m1/s1. The van der Waals surface area contributed by atoms with Gasteiger partial charge in [0.15, 0.2) is 0 Å². The molecule has 1 saturated heterocycles. The van der Waals surface area contributed by atoms with E-state index in [0.717, 1.165) is 25.2 Å². The normalized spacial score (nSPS) is 21.1. The highest BCUT2D eigenvalue weighted by Gasteiger charge is 2.43. The third-order valence-electron chi connectivity index (χ3n) is 5.88. The average molecular weight is 377 g/mol. The monoisotopic (exact) mass is 377 g/mol. The number of hydrogen-bond donors (Lipinski definition) is 1. The molecule has 28 heavy (non-hydrogen) atoms. The Bertz CT molecular complexity index is 881. The topological polar surface area (TPSA) is 52.6 Å². The number of rotatable bonds is 4. The van der Waals surface area contributed by atoms with Gasteiger partial charge in [-0.1, -0.05) is 35.9 Å². The van der Waals surface area contributed by atoms with E-state index >= 15 is 0 Å². The Morgan fingerprint density at radius 1 is 1.14 bits per heavy atom. The molecule has 0 saturated carbocycles. The van der Waals surface area contributed by atoms with Crippen LogP contribution in [-0.4, -0.2) is 49.4 Å². The minimum absolute atomic E-state index is 0.0931. The molecule has 5 heteroatoms. The molecule has 4 rings (SSSR count). The van der Waals surface area contributed by atoms with Crippen LogP contribution in [0.15, 0.2) is 48.5 Å². The predicted molar refractivity (Wildman–Crippen MR) is 111 cm³/mol. The van der Waals surface area contributed by atoms with Crippen LogP contribution < -0.4 is 10.2 Å². The number of carbonyl (C=O) groups excluding carboxylic acids is 2. The first-order chi connectivity index (χ1) is 13.5. The molecule has 0 radical (unpaired) electrons.